The molecule has 2 aromatic heterocycles. The molecule has 1 amide bonds. The number of aromatic nitrogens is 2. The minimum Gasteiger partial charge on any atom is -0.478 e. The second-order valence-corrected chi connectivity index (χ2v) is 5.27. The molecule has 6 heteroatoms. The first kappa shape index (κ1) is 14.8. The average molecular weight is 309 g/mol. The fraction of sp³-hybridized carbons (Fsp3) is 0.118. The van der Waals surface area contributed by atoms with Gasteiger partial charge in [0, 0.05) is 18.1 Å². The second kappa shape index (κ2) is 5.92. The van der Waals surface area contributed by atoms with E-state index in [0.29, 0.717) is 11.4 Å². The van der Waals surface area contributed by atoms with E-state index in [2.05, 4.69) is 10.3 Å². The van der Waals surface area contributed by atoms with Crippen molar-refractivity contribution in [2.24, 2.45) is 0 Å². The molecule has 0 atom stereocenters. The van der Waals surface area contributed by atoms with Crippen LogP contribution in [0.4, 0.5) is 5.69 Å². The van der Waals surface area contributed by atoms with Crippen LogP contribution < -0.4 is 5.32 Å². The normalized spacial score (nSPS) is 10.7. The molecule has 3 aromatic rings. The number of imidazole rings is 1. The van der Waals surface area contributed by atoms with Gasteiger partial charge in [0.15, 0.2) is 0 Å². The van der Waals surface area contributed by atoms with Crippen molar-refractivity contribution in [2.45, 2.75) is 13.3 Å². The van der Waals surface area contributed by atoms with Gasteiger partial charge in [0.05, 0.1) is 17.7 Å². The van der Waals surface area contributed by atoms with Crippen LogP contribution in [0.2, 0.25) is 0 Å². The van der Waals surface area contributed by atoms with Gasteiger partial charge in [-0.25, -0.2) is 9.78 Å². The fourth-order valence-corrected chi connectivity index (χ4v) is 2.39. The van der Waals surface area contributed by atoms with Gasteiger partial charge in [-0.1, -0.05) is 12.1 Å². The Bertz CT molecular complexity index is 899. The third kappa shape index (κ3) is 3.21. The lowest BCUT2D eigenvalue weighted by Crippen LogP contribution is -2.15. The molecule has 0 aliphatic carbocycles. The molecule has 23 heavy (non-hydrogen) atoms. The number of carboxylic acids is 1. The molecule has 0 fully saturated rings. The van der Waals surface area contributed by atoms with Crippen molar-refractivity contribution in [3.8, 4) is 0 Å². The van der Waals surface area contributed by atoms with Gasteiger partial charge in [-0.05, 0) is 36.8 Å². The van der Waals surface area contributed by atoms with E-state index in [1.54, 1.807) is 12.1 Å². The number of hydrogen-bond donors (Lipinski definition) is 2. The maximum atomic E-state index is 12.1. The van der Waals surface area contributed by atoms with Gasteiger partial charge in [-0.3, -0.25) is 4.79 Å². The topological polar surface area (TPSA) is 83.7 Å². The number of carbonyl (C=O) groups is 2. The molecule has 2 N–H and O–H groups in total. The van der Waals surface area contributed by atoms with Gasteiger partial charge in [0.1, 0.15) is 5.65 Å². The van der Waals surface area contributed by atoms with E-state index < -0.39 is 5.97 Å². The zero-order valence-corrected chi connectivity index (χ0v) is 12.5. The molecule has 0 aliphatic heterocycles. The number of carboxylic acid groups (broad SMARTS) is 1. The number of nitrogens with one attached hydrogen (secondary N) is 1. The van der Waals surface area contributed by atoms with Crippen molar-refractivity contribution in [3.63, 3.8) is 0 Å². The number of hydrogen-bond acceptors (Lipinski definition) is 3. The number of fused-ring (bicyclic) bond motifs is 1. The van der Waals surface area contributed by atoms with Crippen molar-refractivity contribution in [2.75, 3.05) is 5.32 Å². The quantitative estimate of drug-likeness (QED) is 0.775. The highest BCUT2D eigenvalue weighted by atomic mass is 16.4. The van der Waals surface area contributed by atoms with Crippen LogP contribution >= 0.6 is 0 Å². The number of aromatic carboxylic acids is 1. The van der Waals surface area contributed by atoms with Crippen LogP contribution in [0, 0.1) is 6.92 Å². The maximum Gasteiger partial charge on any atom is 0.335 e. The summed E-state index contributed by atoms with van der Waals surface area (Å²) in [6, 6.07) is 10.0. The first-order valence-corrected chi connectivity index (χ1v) is 7.09. The van der Waals surface area contributed by atoms with Crippen LogP contribution in [0.25, 0.3) is 5.65 Å². The molecule has 6 nitrogen and oxygen atoms in total. The summed E-state index contributed by atoms with van der Waals surface area (Å²) in [5, 5.41) is 11.7. The molecule has 0 radical (unpaired) electrons. The Kier molecular flexibility index (Phi) is 3.80. The Morgan fingerprint density at radius 1 is 1.26 bits per heavy atom. The molecule has 0 spiro atoms. The smallest absolute Gasteiger partial charge is 0.335 e. The molecule has 0 aliphatic rings. The predicted molar refractivity (Wildman–Crippen MR) is 85.7 cm³/mol. The highest BCUT2D eigenvalue weighted by molar-refractivity contribution is 5.94. The van der Waals surface area contributed by atoms with Gasteiger partial charge >= 0.3 is 5.97 Å². The van der Waals surface area contributed by atoms with Crippen molar-refractivity contribution < 1.29 is 14.7 Å². The lowest BCUT2D eigenvalue weighted by atomic mass is 10.2. The van der Waals surface area contributed by atoms with Gasteiger partial charge in [0.2, 0.25) is 5.91 Å². The highest BCUT2D eigenvalue weighted by Crippen LogP contribution is 2.13. The highest BCUT2D eigenvalue weighted by Gasteiger charge is 2.10. The molecule has 3 rings (SSSR count). The van der Waals surface area contributed by atoms with Crippen molar-refractivity contribution in [1.29, 1.82) is 0 Å². The number of pyridine rings is 1. The summed E-state index contributed by atoms with van der Waals surface area (Å²) >= 11 is 0. The summed E-state index contributed by atoms with van der Waals surface area (Å²) in [6.07, 6.45) is 3.82. The molecule has 0 unspecified atom stereocenters. The molecule has 0 bridgehead atoms. The van der Waals surface area contributed by atoms with E-state index >= 15 is 0 Å². The lowest BCUT2D eigenvalue weighted by molar-refractivity contribution is -0.115. The Labute approximate surface area is 132 Å². The third-order valence-corrected chi connectivity index (χ3v) is 3.46. The minimum absolute atomic E-state index is 0.123. The molecule has 116 valence electrons. The van der Waals surface area contributed by atoms with Crippen LogP contribution in [0.3, 0.4) is 0 Å². The van der Waals surface area contributed by atoms with Crippen LogP contribution in [-0.2, 0) is 11.2 Å². The zero-order valence-electron chi connectivity index (χ0n) is 12.5. The number of aryl methyl sites for hydroxylation is 1. The molecule has 0 saturated carbocycles. The first-order valence-electron chi connectivity index (χ1n) is 7.09. The fourth-order valence-electron chi connectivity index (χ4n) is 2.39. The predicted octanol–water partition coefficient (Wildman–Crippen LogP) is 2.52. The number of benzene rings is 1. The lowest BCUT2D eigenvalue weighted by Gasteiger charge is -2.04. The summed E-state index contributed by atoms with van der Waals surface area (Å²) in [5.74, 6) is -1.27. The van der Waals surface area contributed by atoms with Gasteiger partial charge in [0.25, 0.3) is 0 Å². The summed E-state index contributed by atoms with van der Waals surface area (Å²) in [4.78, 5) is 27.5. The van der Waals surface area contributed by atoms with Crippen molar-refractivity contribution >= 4 is 23.2 Å². The SMILES string of the molecule is Cc1cccn2cc(CC(=O)Nc3cccc(C(=O)O)c3)nc12. The maximum absolute atomic E-state index is 12.1. The Morgan fingerprint density at radius 2 is 2.09 bits per heavy atom. The summed E-state index contributed by atoms with van der Waals surface area (Å²) in [6.45, 7) is 1.96. The van der Waals surface area contributed by atoms with Crippen LogP contribution in [0.5, 0.6) is 0 Å². The van der Waals surface area contributed by atoms with Crippen molar-refractivity contribution in [1.82, 2.24) is 9.38 Å². The zero-order chi connectivity index (χ0) is 16.4. The standard InChI is InChI=1S/C17H15N3O3/c1-11-4-3-7-20-10-14(19-16(11)20)9-15(21)18-13-6-2-5-12(8-13)17(22)23/h2-8,10H,9H2,1H3,(H,18,21)(H,22,23). The number of anilines is 1. The van der Waals surface area contributed by atoms with E-state index in [-0.39, 0.29) is 17.9 Å². The summed E-state index contributed by atoms with van der Waals surface area (Å²) in [7, 11) is 0. The Balaban J connectivity index is 1.74. The molecular weight excluding hydrogens is 294 g/mol. The van der Waals surface area contributed by atoms with Crippen LogP contribution in [0.1, 0.15) is 21.6 Å². The van der Waals surface area contributed by atoms with Crippen molar-refractivity contribution in [3.05, 3.63) is 65.6 Å². The number of rotatable bonds is 4. The summed E-state index contributed by atoms with van der Waals surface area (Å²) < 4.78 is 1.88. The van der Waals surface area contributed by atoms with Crippen LogP contribution in [0.15, 0.2) is 48.8 Å². The largest absolute Gasteiger partial charge is 0.478 e. The van der Waals surface area contributed by atoms with Gasteiger partial charge in [-0.2, -0.15) is 0 Å². The number of nitrogens with zero attached hydrogens (tertiary/aromatic N) is 2. The first-order chi connectivity index (χ1) is 11.0. The molecule has 2 heterocycles. The van der Waals surface area contributed by atoms with E-state index in [4.69, 9.17) is 5.11 Å². The van der Waals surface area contributed by atoms with E-state index in [9.17, 15) is 9.59 Å². The van der Waals surface area contributed by atoms with E-state index in [1.165, 1.54) is 12.1 Å². The van der Waals surface area contributed by atoms with E-state index in [1.807, 2.05) is 35.9 Å². The van der Waals surface area contributed by atoms with Gasteiger partial charge < -0.3 is 14.8 Å². The monoisotopic (exact) mass is 309 g/mol. The molecule has 0 saturated heterocycles. The Hall–Kier alpha value is -3.15. The number of amides is 1. The second-order valence-electron chi connectivity index (χ2n) is 5.27. The average Bonchev–Trinajstić information content (AvgIpc) is 2.91. The third-order valence-electron chi connectivity index (χ3n) is 3.46. The summed E-state index contributed by atoms with van der Waals surface area (Å²) in [5.41, 5.74) is 3.10. The molecule has 1 aromatic carbocycles. The van der Waals surface area contributed by atoms with E-state index in [0.717, 1.165) is 11.2 Å². The van der Waals surface area contributed by atoms with Gasteiger partial charge in [-0.15, -0.1) is 0 Å². The number of carbonyl (C=O) groups excluding carboxylic acids is 1. The molecular formula is C17H15N3O3. The minimum atomic E-state index is -1.03. The Morgan fingerprint density at radius 3 is 2.83 bits per heavy atom. The van der Waals surface area contributed by atoms with Crippen LogP contribution in [-0.4, -0.2) is 26.4 Å².